The third kappa shape index (κ3) is 6.12. The van der Waals surface area contributed by atoms with E-state index in [0.29, 0.717) is 29.2 Å². The maximum atomic E-state index is 12.3. The van der Waals surface area contributed by atoms with Crippen molar-refractivity contribution in [2.45, 2.75) is 39.8 Å². The molecule has 2 aromatic carbocycles. The molecule has 6 heteroatoms. The summed E-state index contributed by atoms with van der Waals surface area (Å²) < 4.78 is 11.6. The van der Waals surface area contributed by atoms with Gasteiger partial charge < -0.3 is 14.8 Å². The molecule has 6 nitrogen and oxygen atoms in total. The Morgan fingerprint density at radius 3 is 2.57 bits per heavy atom. The van der Waals surface area contributed by atoms with E-state index < -0.39 is 5.91 Å². The van der Waals surface area contributed by atoms with Crippen LogP contribution in [0.5, 0.6) is 11.5 Å². The Bertz CT molecular complexity index is 999. The van der Waals surface area contributed by atoms with Crippen molar-refractivity contribution in [2.75, 3.05) is 6.61 Å². The van der Waals surface area contributed by atoms with Crippen molar-refractivity contribution in [2.24, 2.45) is 0 Å². The second-order valence-corrected chi connectivity index (χ2v) is 6.65. The molecule has 0 heterocycles. The summed E-state index contributed by atoms with van der Waals surface area (Å²) in [6.07, 6.45) is 2.30. The topological polar surface area (TPSA) is 95.1 Å². The van der Waals surface area contributed by atoms with Gasteiger partial charge in [0.2, 0.25) is 0 Å². The summed E-state index contributed by atoms with van der Waals surface area (Å²) in [4.78, 5) is 12.3. The fourth-order valence-electron chi connectivity index (χ4n) is 2.63. The van der Waals surface area contributed by atoms with Crippen LogP contribution >= 0.6 is 0 Å². The van der Waals surface area contributed by atoms with E-state index in [0.717, 1.165) is 12.0 Å². The number of rotatable bonds is 9. The average Bonchev–Trinajstić information content (AvgIpc) is 2.77. The fourth-order valence-corrected chi connectivity index (χ4v) is 2.63. The van der Waals surface area contributed by atoms with E-state index in [9.17, 15) is 15.3 Å². The molecule has 0 saturated heterocycles. The quantitative estimate of drug-likeness (QED) is 0.496. The van der Waals surface area contributed by atoms with E-state index >= 15 is 0 Å². The van der Waals surface area contributed by atoms with E-state index in [2.05, 4.69) is 11.4 Å². The molecule has 0 aliphatic rings. The van der Waals surface area contributed by atoms with Gasteiger partial charge in [-0.25, -0.2) is 0 Å². The molecular formula is C24H25N3O3. The number of carbonyl (C=O) groups is 1. The molecule has 0 aliphatic heterocycles. The molecule has 1 amide bonds. The second kappa shape index (κ2) is 11.3. The van der Waals surface area contributed by atoms with Crippen molar-refractivity contribution in [3.8, 4) is 23.6 Å². The van der Waals surface area contributed by atoms with Gasteiger partial charge in [-0.05, 0) is 50.1 Å². The number of hydrogen-bond acceptors (Lipinski definition) is 5. The molecule has 0 bridgehead atoms. The second-order valence-electron chi connectivity index (χ2n) is 6.65. The summed E-state index contributed by atoms with van der Waals surface area (Å²) in [5.74, 6) is 0.614. The maximum Gasteiger partial charge on any atom is 0.262 e. The Morgan fingerprint density at radius 1 is 1.13 bits per heavy atom. The number of ether oxygens (including phenoxy) is 2. The van der Waals surface area contributed by atoms with Crippen LogP contribution in [0.2, 0.25) is 0 Å². The van der Waals surface area contributed by atoms with Crippen molar-refractivity contribution in [1.82, 2.24) is 5.32 Å². The highest BCUT2D eigenvalue weighted by Crippen LogP contribution is 2.30. The predicted molar refractivity (Wildman–Crippen MR) is 115 cm³/mol. The Hall–Kier alpha value is -3.77. The van der Waals surface area contributed by atoms with Crippen LogP contribution in [0.25, 0.3) is 6.08 Å². The lowest BCUT2D eigenvalue weighted by molar-refractivity contribution is -0.117. The van der Waals surface area contributed by atoms with Crippen LogP contribution < -0.4 is 14.8 Å². The van der Waals surface area contributed by atoms with E-state index in [1.54, 1.807) is 30.3 Å². The molecule has 30 heavy (non-hydrogen) atoms. The molecule has 1 N–H and O–H groups in total. The summed E-state index contributed by atoms with van der Waals surface area (Å²) in [6, 6.07) is 16.5. The van der Waals surface area contributed by atoms with Gasteiger partial charge in [0.15, 0.2) is 11.5 Å². The summed E-state index contributed by atoms with van der Waals surface area (Å²) in [5.41, 5.74) is 2.01. The Kier molecular flexibility index (Phi) is 8.47. The van der Waals surface area contributed by atoms with E-state index in [1.807, 2.05) is 39.0 Å². The minimum absolute atomic E-state index is 0.0136. The van der Waals surface area contributed by atoms with Gasteiger partial charge >= 0.3 is 0 Å². The van der Waals surface area contributed by atoms with Gasteiger partial charge in [0.05, 0.1) is 18.2 Å². The number of carbonyl (C=O) groups excluding carboxylic acids is 1. The smallest absolute Gasteiger partial charge is 0.262 e. The third-order valence-electron chi connectivity index (χ3n) is 4.45. The lowest BCUT2D eigenvalue weighted by Gasteiger charge is -2.14. The first-order chi connectivity index (χ1) is 14.5. The van der Waals surface area contributed by atoms with E-state index in [1.165, 1.54) is 6.08 Å². The maximum absolute atomic E-state index is 12.3. The first-order valence-electron chi connectivity index (χ1n) is 9.82. The standard InChI is InChI=1S/C24H25N3O3/c1-4-17(3)27-24(28)21(15-26)12-18-10-11-22(23(13-18)29-5-2)30-16-20-9-7-6-8-19(20)14-25/h6-13,17H,4-5,16H2,1-3H3,(H,27,28)/b21-12+/t17-/m0/s1. The molecule has 154 valence electrons. The molecule has 0 radical (unpaired) electrons. The fraction of sp³-hybridized carbons (Fsp3) is 0.292. The first kappa shape index (κ1) is 22.5. The zero-order chi connectivity index (χ0) is 21.9. The average molecular weight is 403 g/mol. The predicted octanol–water partition coefficient (Wildman–Crippen LogP) is 4.36. The summed E-state index contributed by atoms with van der Waals surface area (Å²) in [6.45, 7) is 6.36. The van der Waals surface area contributed by atoms with Gasteiger partial charge in [0.25, 0.3) is 5.91 Å². The molecule has 1 atom stereocenters. The molecule has 0 aromatic heterocycles. The van der Waals surface area contributed by atoms with E-state index in [-0.39, 0.29) is 18.2 Å². The van der Waals surface area contributed by atoms with Crippen LogP contribution in [0.4, 0.5) is 0 Å². The number of nitrogens with zero attached hydrogens (tertiary/aromatic N) is 2. The zero-order valence-electron chi connectivity index (χ0n) is 17.4. The monoisotopic (exact) mass is 403 g/mol. The molecule has 0 unspecified atom stereocenters. The minimum Gasteiger partial charge on any atom is -0.490 e. The van der Waals surface area contributed by atoms with Crippen LogP contribution in [0.1, 0.15) is 43.9 Å². The van der Waals surface area contributed by atoms with Crippen LogP contribution in [0.3, 0.4) is 0 Å². The molecule has 2 rings (SSSR count). The van der Waals surface area contributed by atoms with Crippen molar-refractivity contribution in [3.05, 3.63) is 64.7 Å². The lowest BCUT2D eigenvalue weighted by Crippen LogP contribution is -2.32. The highest BCUT2D eigenvalue weighted by atomic mass is 16.5. The van der Waals surface area contributed by atoms with Gasteiger partial charge in [0, 0.05) is 11.6 Å². The SMILES string of the molecule is CCOc1cc(/C=C(\C#N)C(=O)N[C@@H](C)CC)ccc1OCc1ccccc1C#N. The summed E-state index contributed by atoms with van der Waals surface area (Å²) in [5, 5.41) is 21.4. The Labute approximate surface area is 177 Å². The number of nitriles is 2. The third-order valence-corrected chi connectivity index (χ3v) is 4.45. The van der Waals surface area contributed by atoms with Crippen molar-refractivity contribution < 1.29 is 14.3 Å². The lowest BCUT2D eigenvalue weighted by atomic mass is 10.1. The van der Waals surface area contributed by atoms with Crippen molar-refractivity contribution in [3.63, 3.8) is 0 Å². The number of nitrogens with one attached hydrogen (secondary N) is 1. The van der Waals surface area contributed by atoms with Crippen molar-refractivity contribution >= 4 is 12.0 Å². The van der Waals surface area contributed by atoms with Crippen LogP contribution in [0.15, 0.2) is 48.0 Å². The zero-order valence-corrected chi connectivity index (χ0v) is 17.4. The largest absolute Gasteiger partial charge is 0.490 e. The van der Waals surface area contributed by atoms with Gasteiger partial charge in [-0.2, -0.15) is 10.5 Å². The number of benzene rings is 2. The highest BCUT2D eigenvalue weighted by Gasteiger charge is 2.13. The molecule has 0 spiro atoms. The number of hydrogen-bond donors (Lipinski definition) is 1. The molecule has 0 saturated carbocycles. The van der Waals surface area contributed by atoms with Gasteiger partial charge in [-0.1, -0.05) is 31.2 Å². The molecular weight excluding hydrogens is 378 g/mol. The normalized spacial score (nSPS) is 11.7. The van der Waals surface area contributed by atoms with Crippen LogP contribution in [0, 0.1) is 22.7 Å². The van der Waals surface area contributed by atoms with Crippen LogP contribution in [-0.2, 0) is 11.4 Å². The Morgan fingerprint density at radius 2 is 1.90 bits per heavy atom. The molecule has 0 aliphatic carbocycles. The Balaban J connectivity index is 2.24. The first-order valence-corrected chi connectivity index (χ1v) is 9.82. The van der Waals surface area contributed by atoms with Crippen molar-refractivity contribution in [1.29, 1.82) is 10.5 Å². The molecule has 0 fully saturated rings. The van der Waals surface area contributed by atoms with Gasteiger partial charge in [0.1, 0.15) is 18.2 Å². The van der Waals surface area contributed by atoms with Crippen LogP contribution in [-0.4, -0.2) is 18.6 Å². The summed E-state index contributed by atoms with van der Waals surface area (Å²) >= 11 is 0. The molecule has 2 aromatic rings. The van der Waals surface area contributed by atoms with Gasteiger partial charge in [-0.3, -0.25) is 4.79 Å². The summed E-state index contributed by atoms with van der Waals surface area (Å²) in [7, 11) is 0. The highest BCUT2D eigenvalue weighted by molar-refractivity contribution is 6.01. The minimum atomic E-state index is -0.404. The van der Waals surface area contributed by atoms with Gasteiger partial charge in [-0.15, -0.1) is 0 Å². The number of amides is 1. The van der Waals surface area contributed by atoms with E-state index in [4.69, 9.17) is 9.47 Å².